The number of methoxy groups -OCH3 is 1. The lowest BCUT2D eigenvalue weighted by Gasteiger charge is -2.40. The Hall–Kier alpha value is -1.07. The Morgan fingerprint density at radius 2 is 1.63 bits per heavy atom. The zero-order valence-electron chi connectivity index (χ0n) is 22.5. The van der Waals surface area contributed by atoms with Gasteiger partial charge in [-0.15, -0.1) is 0 Å². The highest BCUT2D eigenvalue weighted by Crippen LogP contribution is 2.61. The molecule has 1 aromatic rings. The number of aromatic amines is 1. The molecule has 43 heavy (non-hydrogen) atoms. The van der Waals surface area contributed by atoms with Gasteiger partial charge < -0.3 is 54.3 Å². The van der Waals surface area contributed by atoms with Crippen LogP contribution in [-0.2, 0) is 41.4 Å². The van der Waals surface area contributed by atoms with E-state index in [0.29, 0.717) is 25.6 Å². The van der Waals surface area contributed by atoms with Crippen LogP contribution in [0.3, 0.4) is 0 Å². The summed E-state index contributed by atoms with van der Waals surface area (Å²) in [6.45, 7) is 0.0670. The van der Waals surface area contributed by atoms with Crippen molar-refractivity contribution < 1.29 is 76.8 Å². The Balaban J connectivity index is 1.54. The van der Waals surface area contributed by atoms with Crippen LogP contribution in [0.5, 0.6) is 0 Å². The first kappa shape index (κ1) is 36.4. The number of nitrogens with zero attached hydrogens (tertiary/aromatic N) is 1. The predicted molar refractivity (Wildman–Crippen MR) is 142 cm³/mol. The Labute approximate surface area is 247 Å². The van der Waals surface area contributed by atoms with Crippen molar-refractivity contribution in [1.82, 2.24) is 9.55 Å². The molecule has 3 rings (SSSR count). The van der Waals surface area contributed by atoms with Gasteiger partial charge in [0.1, 0.15) is 36.6 Å². The third kappa shape index (κ3) is 10.2. The molecule has 3 heterocycles. The molecule has 8 N–H and O–H groups in total. The molecule has 248 valence electrons. The zero-order valence-corrected chi connectivity index (χ0v) is 25.1. The quantitative estimate of drug-likeness (QED) is 0.0622. The number of hydrogen-bond donors (Lipinski definition) is 8. The molecular weight excluding hydrogens is 650 g/mol. The SMILES string of the molecule is COCCOCCSCC1OC(OP(=O)(O)OP(=O)(O)OC[C@H]2O[C@@H](n3ccc(=O)[nH]c3=O)C(O)[C@H]2O)C(O)[C@@H](O)[C@H]1O. The fraction of sp³-hybridized carbons (Fsp3) is 0.800. The summed E-state index contributed by atoms with van der Waals surface area (Å²) in [7, 11) is -9.56. The Morgan fingerprint density at radius 3 is 2.30 bits per heavy atom. The van der Waals surface area contributed by atoms with Crippen LogP contribution in [0.4, 0.5) is 0 Å². The molecule has 0 spiro atoms. The van der Waals surface area contributed by atoms with E-state index < -0.39 is 88.7 Å². The summed E-state index contributed by atoms with van der Waals surface area (Å²) in [5, 5.41) is 51.0. The van der Waals surface area contributed by atoms with E-state index in [-0.39, 0.29) is 5.75 Å². The number of phosphoric ester groups is 2. The number of rotatable bonds is 16. The molecule has 2 fully saturated rings. The maximum atomic E-state index is 12.5. The van der Waals surface area contributed by atoms with Crippen molar-refractivity contribution in [2.45, 2.75) is 55.2 Å². The number of nitrogens with one attached hydrogen (secondary N) is 1. The maximum absolute atomic E-state index is 12.5. The molecule has 0 bridgehead atoms. The third-order valence-electron chi connectivity index (χ3n) is 6.06. The van der Waals surface area contributed by atoms with Gasteiger partial charge in [0.05, 0.1) is 32.5 Å². The van der Waals surface area contributed by atoms with Crippen molar-refractivity contribution in [2.75, 3.05) is 45.0 Å². The van der Waals surface area contributed by atoms with E-state index >= 15 is 0 Å². The fourth-order valence-electron chi connectivity index (χ4n) is 3.90. The molecule has 0 radical (unpaired) electrons. The molecule has 0 amide bonds. The molecule has 2 aliphatic rings. The number of thioether (sulfide) groups is 1. The van der Waals surface area contributed by atoms with E-state index in [9.17, 15) is 54.0 Å². The van der Waals surface area contributed by atoms with E-state index in [1.54, 1.807) is 0 Å². The smallest absolute Gasteiger partial charge is 0.388 e. The molecule has 0 aliphatic carbocycles. The average Bonchev–Trinajstić information content (AvgIpc) is 3.20. The molecule has 1 aromatic heterocycles. The lowest BCUT2D eigenvalue weighted by molar-refractivity contribution is -0.270. The van der Waals surface area contributed by atoms with E-state index in [0.717, 1.165) is 16.8 Å². The summed E-state index contributed by atoms with van der Waals surface area (Å²) in [4.78, 5) is 45.2. The molecule has 0 aromatic carbocycles. The lowest BCUT2D eigenvalue weighted by atomic mass is 10.0. The topological polar surface area (TPSA) is 295 Å². The van der Waals surface area contributed by atoms with E-state index in [1.807, 2.05) is 4.98 Å². The van der Waals surface area contributed by atoms with Crippen LogP contribution in [0, 0.1) is 0 Å². The number of aliphatic hydroxyl groups is 5. The van der Waals surface area contributed by atoms with Crippen molar-refractivity contribution in [3.8, 4) is 0 Å². The first-order valence-corrected chi connectivity index (χ1v) is 16.7. The summed E-state index contributed by atoms with van der Waals surface area (Å²) in [5.41, 5.74) is -1.73. The van der Waals surface area contributed by atoms with Gasteiger partial charge in [-0.05, 0) is 0 Å². The Bertz CT molecular complexity index is 1250. The van der Waals surface area contributed by atoms with Crippen LogP contribution in [0.2, 0.25) is 0 Å². The monoisotopic (exact) mass is 684 g/mol. The summed E-state index contributed by atoms with van der Waals surface area (Å²) < 4.78 is 59.8. The van der Waals surface area contributed by atoms with Gasteiger partial charge in [-0.1, -0.05) is 0 Å². The van der Waals surface area contributed by atoms with Crippen molar-refractivity contribution in [3.63, 3.8) is 0 Å². The number of aromatic nitrogens is 2. The number of H-pyrrole nitrogens is 1. The van der Waals surface area contributed by atoms with Gasteiger partial charge in [-0.25, -0.2) is 13.9 Å². The summed E-state index contributed by atoms with van der Waals surface area (Å²) in [6.07, 6.45) is -14.6. The van der Waals surface area contributed by atoms with Crippen LogP contribution < -0.4 is 11.2 Å². The average molecular weight is 685 g/mol. The first-order chi connectivity index (χ1) is 20.2. The van der Waals surface area contributed by atoms with Gasteiger partial charge in [0.15, 0.2) is 12.5 Å². The molecule has 2 aliphatic heterocycles. The van der Waals surface area contributed by atoms with Crippen LogP contribution >= 0.6 is 27.4 Å². The molecule has 20 nitrogen and oxygen atoms in total. The summed E-state index contributed by atoms with van der Waals surface area (Å²) >= 11 is 1.22. The van der Waals surface area contributed by atoms with Gasteiger partial charge >= 0.3 is 21.3 Å². The van der Waals surface area contributed by atoms with Crippen molar-refractivity contribution in [3.05, 3.63) is 33.1 Å². The summed E-state index contributed by atoms with van der Waals surface area (Å²) in [6, 6.07) is 0.941. The Kier molecular flexibility index (Phi) is 13.5. The summed E-state index contributed by atoms with van der Waals surface area (Å²) in [5.74, 6) is 0.463. The number of hydrogen-bond acceptors (Lipinski definition) is 17. The van der Waals surface area contributed by atoms with Gasteiger partial charge in [-0.3, -0.25) is 23.4 Å². The standard InChI is InChI=1S/C20H34N2O18P2S/c1-34-4-5-35-6-7-43-9-11-14(25)15(26)17(28)19(38-11)39-42(32,33)40-41(30,31)36-8-10-13(24)16(27)18(37-10)22-3-2-12(23)21-20(22)29/h2-3,10-11,13-19,24-28H,4-9H2,1H3,(H,30,31)(H,32,33)(H,21,23,29)/t10-,11?,13+,14+,15+,16?,17?,18-,19?/m1/s1. The zero-order chi connectivity index (χ0) is 31.9. The second-order valence-corrected chi connectivity index (χ2v) is 13.3. The normalized spacial score (nSPS) is 34.1. The molecule has 0 saturated carbocycles. The van der Waals surface area contributed by atoms with Gasteiger partial charge in [0, 0.05) is 30.9 Å². The highest BCUT2D eigenvalue weighted by molar-refractivity contribution is 7.99. The first-order valence-electron chi connectivity index (χ1n) is 12.5. The third-order valence-corrected chi connectivity index (χ3v) is 9.68. The minimum Gasteiger partial charge on any atom is -0.388 e. The van der Waals surface area contributed by atoms with E-state index in [1.165, 1.54) is 18.9 Å². The van der Waals surface area contributed by atoms with Crippen molar-refractivity contribution >= 4 is 27.4 Å². The van der Waals surface area contributed by atoms with E-state index in [2.05, 4.69) is 13.4 Å². The Morgan fingerprint density at radius 1 is 0.930 bits per heavy atom. The number of phosphoric acid groups is 2. The van der Waals surface area contributed by atoms with Gasteiger partial charge in [0.25, 0.3) is 5.56 Å². The van der Waals surface area contributed by atoms with E-state index in [4.69, 9.17) is 18.9 Å². The van der Waals surface area contributed by atoms with Crippen molar-refractivity contribution in [2.24, 2.45) is 0 Å². The fourth-order valence-corrected chi connectivity index (χ4v) is 6.97. The van der Waals surface area contributed by atoms with Crippen molar-refractivity contribution in [1.29, 1.82) is 0 Å². The van der Waals surface area contributed by atoms with Crippen LogP contribution in [0.15, 0.2) is 21.9 Å². The van der Waals surface area contributed by atoms with Crippen LogP contribution in [0.25, 0.3) is 0 Å². The van der Waals surface area contributed by atoms with Gasteiger partial charge in [-0.2, -0.15) is 16.1 Å². The molecular formula is C20H34N2O18P2S. The van der Waals surface area contributed by atoms with Crippen LogP contribution in [0.1, 0.15) is 6.23 Å². The maximum Gasteiger partial charge on any atom is 0.483 e. The highest BCUT2D eigenvalue weighted by atomic mass is 32.2. The number of aliphatic hydroxyl groups excluding tert-OH is 5. The second-order valence-electron chi connectivity index (χ2n) is 9.18. The molecule has 2 saturated heterocycles. The van der Waals surface area contributed by atoms with Crippen LogP contribution in [-0.4, -0.2) is 139 Å². The highest BCUT2D eigenvalue weighted by Gasteiger charge is 2.49. The molecule has 23 heteroatoms. The number of ether oxygens (including phenoxy) is 4. The van der Waals surface area contributed by atoms with Gasteiger partial charge in [0.2, 0.25) is 0 Å². The molecule has 11 atom stereocenters. The predicted octanol–water partition coefficient (Wildman–Crippen LogP) is -3.39. The minimum absolute atomic E-state index is 0.0262. The molecule has 6 unspecified atom stereocenters. The largest absolute Gasteiger partial charge is 0.483 e. The second kappa shape index (κ2) is 16.0. The lowest BCUT2D eigenvalue weighted by Crippen LogP contribution is -2.58. The minimum atomic E-state index is -5.59.